The Kier molecular flexibility index (Phi) is 7.97. The first-order valence-electron chi connectivity index (χ1n) is 8.26. The largest absolute Gasteiger partial charge is 0.509 e. The van der Waals surface area contributed by atoms with Crippen LogP contribution >= 0.6 is 35.8 Å². The van der Waals surface area contributed by atoms with Crippen LogP contribution in [0.15, 0.2) is 12.7 Å². The molecule has 2 fully saturated rings. The lowest BCUT2D eigenvalue weighted by molar-refractivity contribution is -0.0511. The van der Waals surface area contributed by atoms with Gasteiger partial charge in [-0.05, 0) is 0 Å². The second-order valence-corrected chi connectivity index (χ2v) is 11.5. The van der Waals surface area contributed by atoms with E-state index in [2.05, 4.69) is 31.5 Å². The number of fused-ring (bicyclic) bond motifs is 1. The molecule has 5 atom stereocenters. The number of aliphatic hydroxyl groups is 3. The molecule has 8 N–H and O–H groups in total. The minimum Gasteiger partial charge on any atom is -0.394 e. The standard InChI is InChI=1S/C10H13N5O4.H3O10P3S/c11-8-5-9(13-2-12-8)15(3-14-5)10-7(18)6(17)4(1-16)19-10;1-11(2,3)7-12(4,5)8-13(6)9-14-10-13/h2-4,6-7,10,16-18H,1H2,(H2,11,12,13);(H,4,5)(H2,1,2,3)/t4-,6-,7-,10-;/m1./s1. The molecule has 2 saturated heterocycles. The average molecular weight is 555 g/mol. The molecule has 1 unspecified atom stereocenters. The fraction of sp³-hybridized carbons (Fsp3) is 0.500. The van der Waals surface area contributed by atoms with E-state index in [1.165, 1.54) is 17.2 Å². The van der Waals surface area contributed by atoms with Gasteiger partial charge in [-0.2, -0.15) is 16.6 Å². The van der Waals surface area contributed by atoms with Crippen LogP contribution in [-0.2, 0) is 35.0 Å². The van der Waals surface area contributed by atoms with E-state index in [0.29, 0.717) is 11.2 Å². The number of anilines is 1. The number of phosphoric acid groups is 3. The van der Waals surface area contributed by atoms with E-state index < -0.39 is 54.6 Å². The van der Waals surface area contributed by atoms with Crippen molar-refractivity contribution in [3.63, 3.8) is 0 Å². The summed E-state index contributed by atoms with van der Waals surface area (Å²) in [4.78, 5) is 36.8. The highest BCUT2D eigenvalue weighted by Gasteiger charge is 2.48. The van der Waals surface area contributed by atoms with Crippen LogP contribution in [0.4, 0.5) is 5.82 Å². The maximum absolute atomic E-state index is 10.8. The molecule has 19 nitrogen and oxygen atoms in total. The van der Waals surface area contributed by atoms with E-state index in [-0.39, 0.29) is 18.1 Å². The van der Waals surface area contributed by atoms with Gasteiger partial charge in [0.25, 0.3) is 0 Å². The molecule has 2 aliphatic rings. The highest BCUT2D eigenvalue weighted by atomic mass is 32.2. The second kappa shape index (κ2) is 9.90. The zero-order valence-electron chi connectivity index (χ0n) is 15.7. The van der Waals surface area contributed by atoms with Crippen molar-refractivity contribution < 1.29 is 65.0 Å². The van der Waals surface area contributed by atoms with Crippen LogP contribution in [0.3, 0.4) is 0 Å². The van der Waals surface area contributed by atoms with Crippen molar-refractivity contribution in [2.24, 2.45) is 0 Å². The summed E-state index contributed by atoms with van der Waals surface area (Å²) in [7, 11) is -14.6. The molecular weight excluding hydrogens is 539 g/mol. The smallest absolute Gasteiger partial charge is 0.394 e. The summed E-state index contributed by atoms with van der Waals surface area (Å²) in [6.07, 6.45) is -1.42. The minimum atomic E-state index is -5.24. The predicted octanol–water partition coefficient (Wildman–Crippen LogP) is -1.05. The van der Waals surface area contributed by atoms with E-state index in [4.69, 9.17) is 30.3 Å². The van der Waals surface area contributed by atoms with Gasteiger partial charge in [-0.3, -0.25) is 4.57 Å². The fourth-order valence-corrected chi connectivity index (χ4v) is 6.37. The van der Waals surface area contributed by atoms with E-state index in [1.807, 2.05) is 0 Å². The monoisotopic (exact) mass is 555 g/mol. The molecule has 2 aliphatic heterocycles. The summed E-state index contributed by atoms with van der Waals surface area (Å²) in [5.74, 6) is 0.218. The maximum Gasteiger partial charge on any atom is 0.509 e. The summed E-state index contributed by atoms with van der Waals surface area (Å²) in [6, 6.07) is 0. The molecule has 0 aromatic carbocycles. The molecule has 0 aliphatic carbocycles. The van der Waals surface area contributed by atoms with Gasteiger partial charge in [-0.1, -0.05) is 0 Å². The van der Waals surface area contributed by atoms with Gasteiger partial charge in [0.05, 0.1) is 12.9 Å². The normalized spacial score (nSPS) is 28.5. The molecule has 0 amide bonds. The molecule has 186 valence electrons. The summed E-state index contributed by atoms with van der Waals surface area (Å²) < 4.78 is 53.6. The Labute approximate surface area is 187 Å². The zero-order chi connectivity index (χ0) is 24.6. The van der Waals surface area contributed by atoms with Crippen LogP contribution in [0.1, 0.15) is 6.23 Å². The average Bonchev–Trinajstić information content (AvgIpc) is 3.21. The number of rotatable bonds is 6. The highest BCUT2D eigenvalue weighted by molar-refractivity contribution is 8.03. The van der Waals surface area contributed by atoms with Gasteiger partial charge in [0.15, 0.2) is 30.0 Å². The Hall–Kier alpha value is -1.05. The number of aromatic nitrogens is 4. The van der Waals surface area contributed by atoms with Gasteiger partial charge >= 0.3 is 23.5 Å². The lowest BCUT2D eigenvalue weighted by atomic mass is 10.1. The van der Waals surface area contributed by atoms with E-state index in [9.17, 15) is 23.9 Å². The Bertz CT molecular complexity index is 1140. The Balaban J connectivity index is 0.000000196. The lowest BCUT2D eigenvalue weighted by Crippen LogP contribution is -2.33. The number of ether oxygens (including phenoxy) is 1. The third-order valence-corrected chi connectivity index (χ3v) is 9.08. The zero-order valence-corrected chi connectivity index (χ0v) is 19.2. The Morgan fingerprint density at radius 3 is 2.36 bits per heavy atom. The molecule has 0 radical (unpaired) electrons. The summed E-state index contributed by atoms with van der Waals surface area (Å²) in [5.41, 5.74) is 6.44. The molecule has 4 rings (SSSR count). The number of nitrogens with zero attached hydrogens (tertiary/aromatic N) is 4. The molecule has 0 bridgehead atoms. The minimum absolute atomic E-state index is 0.218. The van der Waals surface area contributed by atoms with Crippen molar-refractivity contribution in [2.45, 2.75) is 24.5 Å². The molecule has 4 heterocycles. The lowest BCUT2D eigenvalue weighted by Gasteiger charge is -2.22. The summed E-state index contributed by atoms with van der Waals surface area (Å²) >= 11 is 0.233. The molecule has 2 aromatic rings. The summed E-state index contributed by atoms with van der Waals surface area (Å²) in [5, 5.41) is 28.7. The first-order valence-corrected chi connectivity index (χ1v) is 13.4. The van der Waals surface area contributed by atoms with Gasteiger partial charge in [0.2, 0.25) is 0 Å². The van der Waals surface area contributed by atoms with Crippen LogP contribution in [-0.4, -0.2) is 74.4 Å². The number of nitrogens with two attached hydrogens (primary N) is 1. The number of nitrogen functional groups attached to an aromatic ring is 1. The van der Waals surface area contributed by atoms with Crippen molar-refractivity contribution in [1.29, 1.82) is 0 Å². The first-order chi connectivity index (χ1) is 15.3. The van der Waals surface area contributed by atoms with Crippen molar-refractivity contribution in [3.05, 3.63) is 12.7 Å². The third-order valence-electron chi connectivity index (χ3n) is 3.83. The second-order valence-electron chi connectivity index (χ2n) is 6.10. The molecular formula is C10H16N5O14P3S. The number of hydrogen-bond acceptors (Lipinski definition) is 16. The van der Waals surface area contributed by atoms with Crippen molar-refractivity contribution in [2.75, 3.05) is 12.3 Å². The van der Waals surface area contributed by atoms with Crippen LogP contribution in [0.25, 0.3) is 11.2 Å². The van der Waals surface area contributed by atoms with Crippen molar-refractivity contribution in [3.8, 4) is 0 Å². The van der Waals surface area contributed by atoms with Crippen LogP contribution in [0, 0.1) is 0 Å². The number of imidazole rings is 1. The van der Waals surface area contributed by atoms with Gasteiger partial charge in [0.1, 0.15) is 30.2 Å². The van der Waals surface area contributed by atoms with E-state index in [0.717, 1.165) is 0 Å². The Morgan fingerprint density at radius 1 is 1.18 bits per heavy atom. The van der Waals surface area contributed by atoms with Crippen LogP contribution in [0.5, 0.6) is 0 Å². The van der Waals surface area contributed by atoms with E-state index >= 15 is 0 Å². The molecule has 23 heteroatoms. The van der Waals surface area contributed by atoms with Crippen LogP contribution < -0.4 is 5.73 Å². The summed E-state index contributed by atoms with van der Waals surface area (Å²) in [6.45, 7) is -0.390. The molecule has 0 saturated carbocycles. The van der Waals surface area contributed by atoms with Crippen molar-refractivity contribution in [1.82, 2.24) is 19.5 Å². The SMILES string of the molecule is Nc1ncnc2c1ncn2[C@@H]1O[C@H](CO)[C@@H](O)[C@H]1O.O=P(O)(O)OP(=O)(O)OP1(=O)OSO1. The molecule has 33 heavy (non-hydrogen) atoms. The van der Waals surface area contributed by atoms with Crippen LogP contribution in [0.2, 0.25) is 0 Å². The number of aliphatic hydroxyl groups excluding tert-OH is 3. The highest BCUT2D eigenvalue weighted by Crippen LogP contribution is 2.75. The quantitative estimate of drug-likeness (QED) is 0.165. The van der Waals surface area contributed by atoms with Crippen molar-refractivity contribution >= 4 is 52.8 Å². The van der Waals surface area contributed by atoms with Gasteiger partial charge < -0.3 is 40.5 Å². The molecule has 2 aromatic heterocycles. The maximum atomic E-state index is 10.8. The fourth-order valence-electron chi connectivity index (χ4n) is 2.55. The molecule has 0 spiro atoms. The Morgan fingerprint density at radius 2 is 1.85 bits per heavy atom. The van der Waals surface area contributed by atoms with E-state index in [1.54, 1.807) is 0 Å². The van der Waals surface area contributed by atoms with Gasteiger partial charge in [0, 0.05) is 0 Å². The van der Waals surface area contributed by atoms with Gasteiger partial charge in [-0.25, -0.2) is 28.6 Å². The topological polar surface area (TPSA) is 288 Å². The first kappa shape index (κ1) is 26.6. The van der Waals surface area contributed by atoms with Gasteiger partial charge in [-0.15, -0.1) is 0 Å². The predicted molar refractivity (Wildman–Crippen MR) is 104 cm³/mol. The number of hydrogen-bond donors (Lipinski definition) is 7. The third kappa shape index (κ3) is 6.34.